The fourth-order valence-electron chi connectivity index (χ4n) is 0.944. The van der Waals surface area contributed by atoms with Gasteiger partial charge in [-0.1, -0.05) is 6.92 Å². The van der Waals surface area contributed by atoms with E-state index in [0.717, 1.165) is 23.9 Å². The van der Waals surface area contributed by atoms with E-state index >= 15 is 0 Å². The minimum Gasteiger partial charge on any atom is -0.382 e. The van der Waals surface area contributed by atoms with Gasteiger partial charge < -0.3 is 14.8 Å². The quantitative estimate of drug-likeness (QED) is 0.681. The summed E-state index contributed by atoms with van der Waals surface area (Å²) < 4.78 is 14.3. The molecule has 0 atom stereocenters. The summed E-state index contributed by atoms with van der Waals surface area (Å²) in [5, 5.41) is 4.02. The highest BCUT2D eigenvalue weighted by atomic mass is 32.1. The lowest BCUT2D eigenvalue weighted by atomic mass is 10.5. The van der Waals surface area contributed by atoms with E-state index in [2.05, 4.69) is 14.7 Å². The molecule has 1 aromatic heterocycles. The number of ether oxygens (including phenoxy) is 2. The topological polar surface area (TPSA) is 56.3 Å². The summed E-state index contributed by atoms with van der Waals surface area (Å²) in [5.74, 6) is 0.891. The summed E-state index contributed by atoms with van der Waals surface area (Å²) in [6, 6.07) is 0. The molecule has 86 valence electrons. The molecule has 5 nitrogen and oxygen atoms in total. The summed E-state index contributed by atoms with van der Waals surface area (Å²) in [6.07, 6.45) is 0.877. The lowest BCUT2D eigenvalue weighted by Gasteiger charge is -2.03. The SMILES string of the molecule is CCc1nsc(NCCOCCOC)n1. The van der Waals surface area contributed by atoms with Crippen molar-refractivity contribution in [3.8, 4) is 0 Å². The molecule has 1 aromatic rings. The largest absolute Gasteiger partial charge is 0.382 e. The summed E-state index contributed by atoms with van der Waals surface area (Å²) in [5.41, 5.74) is 0. The molecule has 0 saturated heterocycles. The molecular formula is C9H17N3O2S. The van der Waals surface area contributed by atoms with Crippen LogP contribution in [0.15, 0.2) is 0 Å². The van der Waals surface area contributed by atoms with E-state index in [1.807, 2.05) is 6.92 Å². The average Bonchev–Trinajstić information content (AvgIpc) is 2.71. The van der Waals surface area contributed by atoms with E-state index in [0.29, 0.717) is 19.8 Å². The third-order valence-electron chi connectivity index (χ3n) is 1.74. The molecule has 0 bridgehead atoms. The number of methoxy groups -OCH3 is 1. The van der Waals surface area contributed by atoms with Crippen LogP contribution in [0.2, 0.25) is 0 Å². The minimum absolute atomic E-state index is 0.633. The molecule has 0 unspecified atom stereocenters. The van der Waals surface area contributed by atoms with Crippen molar-refractivity contribution in [3.63, 3.8) is 0 Å². The number of hydrogen-bond donors (Lipinski definition) is 1. The Morgan fingerprint density at radius 2 is 2.20 bits per heavy atom. The van der Waals surface area contributed by atoms with E-state index < -0.39 is 0 Å². The van der Waals surface area contributed by atoms with Crippen LogP contribution in [0.5, 0.6) is 0 Å². The molecule has 0 aliphatic rings. The molecule has 15 heavy (non-hydrogen) atoms. The average molecular weight is 231 g/mol. The van der Waals surface area contributed by atoms with Gasteiger partial charge in [0.25, 0.3) is 0 Å². The van der Waals surface area contributed by atoms with Gasteiger partial charge >= 0.3 is 0 Å². The first-order chi connectivity index (χ1) is 7.36. The van der Waals surface area contributed by atoms with Crippen molar-refractivity contribution in [2.45, 2.75) is 13.3 Å². The molecule has 1 rings (SSSR count). The molecule has 0 amide bonds. The second kappa shape index (κ2) is 7.56. The molecule has 1 N–H and O–H groups in total. The monoisotopic (exact) mass is 231 g/mol. The maximum absolute atomic E-state index is 5.30. The Balaban J connectivity index is 2.04. The Morgan fingerprint density at radius 1 is 1.33 bits per heavy atom. The zero-order chi connectivity index (χ0) is 10.9. The van der Waals surface area contributed by atoms with Crippen molar-refractivity contribution in [2.75, 3.05) is 38.8 Å². The van der Waals surface area contributed by atoms with Gasteiger partial charge in [-0.05, 0) is 0 Å². The first-order valence-corrected chi connectivity index (χ1v) is 5.77. The van der Waals surface area contributed by atoms with Crippen molar-refractivity contribution in [1.29, 1.82) is 0 Å². The predicted octanol–water partition coefficient (Wildman–Crippen LogP) is 1.18. The molecule has 0 radical (unpaired) electrons. The van der Waals surface area contributed by atoms with E-state index in [1.165, 1.54) is 11.5 Å². The number of nitrogens with one attached hydrogen (secondary N) is 1. The van der Waals surface area contributed by atoms with Crippen molar-refractivity contribution < 1.29 is 9.47 Å². The summed E-state index contributed by atoms with van der Waals surface area (Å²) >= 11 is 1.39. The molecule has 0 aromatic carbocycles. The number of hydrogen-bond acceptors (Lipinski definition) is 6. The second-order valence-electron chi connectivity index (χ2n) is 2.90. The van der Waals surface area contributed by atoms with E-state index in [-0.39, 0.29) is 0 Å². The molecule has 0 fully saturated rings. The number of nitrogens with zero attached hydrogens (tertiary/aromatic N) is 2. The lowest BCUT2D eigenvalue weighted by Crippen LogP contribution is -2.11. The third kappa shape index (κ3) is 5.06. The van der Waals surface area contributed by atoms with Gasteiger partial charge in [0.1, 0.15) is 5.82 Å². The number of rotatable bonds is 8. The van der Waals surface area contributed by atoms with Gasteiger partial charge in [0, 0.05) is 31.6 Å². The summed E-state index contributed by atoms with van der Waals surface area (Å²) in [7, 11) is 1.66. The maximum Gasteiger partial charge on any atom is 0.202 e. The molecule has 1 heterocycles. The Hall–Kier alpha value is -0.720. The van der Waals surface area contributed by atoms with Crippen LogP contribution in [0.3, 0.4) is 0 Å². The van der Waals surface area contributed by atoms with Crippen LogP contribution < -0.4 is 5.32 Å². The third-order valence-corrected chi connectivity index (χ3v) is 2.45. The minimum atomic E-state index is 0.633. The smallest absolute Gasteiger partial charge is 0.202 e. The standard InChI is InChI=1S/C9H17N3O2S/c1-3-8-11-9(15-12-8)10-4-5-14-7-6-13-2/h3-7H2,1-2H3,(H,10,11,12). The first-order valence-electron chi connectivity index (χ1n) is 5.00. The summed E-state index contributed by atoms with van der Waals surface area (Å²) in [6.45, 7) is 4.72. The predicted molar refractivity (Wildman–Crippen MR) is 60.5 cm³/mol. The van der Waals surface area contributed by atoms with Gasteiger partial charge in [0.2, 0.25) is 5.13 Å². The van der Waals surface area contributed by atoms with E-state index in [4.69, 9.17) is 9.47 Å². The van der Waals surface area contributed by atoms with Crippen molar-refractivity contribution >= 4 is 16.7 Å². The highest BCUT2D eigenvalue weighted by molar-refractivity contribution is 7.09. The van der Waals surface area contributed by atoms with Crippen LogP contribution in [-0.4, -0.2) is 42.8 Å². The Bertz CT molecular complexity index is 268. The number of aromatic nitrogens is 2. The van der Waals surface area contributed by atoms with Gasteiger partial charge in [-0.25, -0.2) is 4.98 Å². The first kappa shape index (κ1) is 12.4. The van der Waals surface area contributed by atoms with Crippen LogP contribution >= 0.6 is 11.5 Å². The zero-order valence-corrected chi connectivity index (χ0v) is 9.97. The van der Waals surface area contributed by atoms with Crippen LogP contribution in [0.4, 0.5) is 5.13 Å². The molecular weight excluding hydrogens is 214 g/mol. The van der Waals surface area contributed by atoms with Gasteiger partial charge in [-0.2, -0.15) is 4.37 Å². The van der Waals surface area contributed by atoms with Gasteiger partial charge in [-0.3, -0.25) is 0 Å². The van der Waals surface area contributed by atoms with E-state index in [1.54, 1.807) is 7.11 Å². The lowest BCUT2D eigenvalue weighted by molar-refractivity contribution is 0.0759. The van der Waals surface area contributed by atoms with Crippen LogP contribution in [0.25, 0.3) is 0 Å². The van der Waals surface area contributed by atoms with Crippen molar-refractivity contribution in [1.82, 2.24) is 9.36 Å². The van der Waals surface area contributed by atoms with E-state index in [9.17, 15) is 0 Å². The maximum atomic E-state index is 5.30. The Labute approximate surface area is 94.0 Å². The molecule has 0 aliphatic carbocycles. The van der Waals surface area contributed by atoms with Crippen LogP contribution in [0.1, 0.15) is 12.7 Å². The van der Waals surface area contributed by atoms with Gasteiger partial charge in [-0.15, -0.1) is 0 Å². The van der Waals surface area contributed by atoms with Crippen molar-refractivity contribution in [2.24, 2.45) is 0 Å². The van der Waals surface area contributed by atoms with Crippen molar-refractivity contribution in [3.05, 3.63) is 5.82 Å². The zero-order valence-electron chi connectivity index (χ0n) is 9.15. The fourth-order valence-corrected chi connectivity index (χ4v) is 1.62. The highest BCUT2D eigenvalue weighted by Gasteiger charge is 2.00. The molecule has 0 aliphatic heterocycles. The summed E-state index contributed by atoms with van der Waals surface area (Å²) in [4.78, 5) is 4.28. The normalized spacial score (nSPS) is 10.5. The fraction of sp³-hybridized carbons (Fsp3) is 0.778. The molecule has 6 heteroatoms. The van der Waals surface area contributed by atoms with Gasteiger partial charge in [0.05, 0.1) is 19.8 Å². The molecule has 0 spiro atoms. The second-order valence-corrected chi connectivity index (χ2v) is 3.65. The number of anilines is 1. The number of aryl methyl sites for hydroxylation is 1. The van der Waals surface area contributed by atoms with Crippen LogP contribution in [-0.2, 0) is 15.9 Å². The Morgan fingerprint density at radius 3 is 2.87 bits per heavy atom. The van der Waals surface area contributed by atoms with Gasteiger partial charge in [0.15, 0.2) is 0 Å². The van der Waals surface area contributed by atoms with Crippen LogP contribution in [0, 0.1) is 0 Å². The molecule has 0 saturated carbocycles. The highest BCUT2D eigenvalue weighted by Crippen LogP contribution is 2.10. The Kier molecular flexibility index (Phi) is 6.22.